The fraction of sp³-hybridized carbons (Fsp3) is 0.250. The summed E-state index contributed by atoms with van der Waals surface area (Å²) < 4.78 is 39.5. The summed E-state index contributed by atoms with van der Waals surface area (Å²) in [7, 11) is -3.98. The molecule has 0 saturated heterocycles. The summed E-state index contributed by atoms with van der Waals surface area (Å²) in [6.45, 7) is 5.18. The highest BCUT2D eigenvalue weighted by Crippen LogP contribution is 2.44. The maximum atomic E-state index is 13.0. The van der Waals surface area contributed by atoms with Crippen molar-refractivity contribution in [1.82, 2.24) is 4.72 Å². The molecule has 3 rings (SSSR count). The van der Waals surface area contributed by atoms with Gasteiger partial charge in [0.1, 0.15) is 5.76 Å². The molecule has 0 radical (unpaired) electrons. The van der Waals surface area contributed by atoms with Gasteiger partial charge in [-0.15, -0.1) is 0 Å². The molecule has 29 heavy (non-hydrogen) atoms. The molecule has 1 aliphatic rings. The van der Waals surface area contributed by atoms with Gasteiger partial charge in [-0.05, 0) is 45.0 Å². The van der Waals surface area contributed by atoms with Gasteiger partial charge in [0, 0.05) is 10.6 Å². The first kappa shape index (κ1) is 21.6. The smallest absolute Gasteiger partial charge is 0.339 e. The van der Waals surface area contributed by atoms with Crippen LogP contribution >= 0.6 is 23.2 Å². The first-order valence-electron chi connectivity index (χ1n) is 8.77. The van der Waals surface area contributed by atoms with Gasteiger partial charge in [-0.3, -0.25) is 0 Å². The van der Waals surface area contributed by atoms with Crippen molar-refractivity contribution in [3.63, 3.8) is 0 Å². The van der Waals surface area contributed by atoms with Crippen molar-refractivity contribution in [1.29, 1.82) is 0 Å². The van der Waals surface area contributed by atoms with Gasteiger partial charge in [0.05, 0.1) is 28.1 Å². The van der Waals surface area contributed by atoms with E-state index in [1.807, 2.05) is 6.92 Å². The number of esters is 1. The second-order valence-electron chi connectivity index (χ2n) is 6.47. The summed E-state index contributed by atoms with van der Waals surface area (Å²) >= 11 is 12.4. The van der Waals surface area contributed by atoms with E-state index >= 15 is 0 Å². The van der Waals surface area contributed by atoms with Crippen molar-refractivity contribution in [2.45, 2.75) is 31.7 Å². The van der Waals surface area contributed by atoms with Crippen molar-refractivity contribution in [3.8, 4) is 5.75 Å². The van der Waals surface area contributed by atoms with Crippen LogP contribution in [0.25, 0.3) is 0 Å². The van der Waals surface area contributed by atoms with E-state index < -0.39 is 22.0 Å². The molecular weight excluding hydrogens is 437 g/mol. The van der Waals surface area contributed by atoms with E-state index in [1.165, 1.54) is 24.3 Å². The number of fused-ring (bicyclic) bond motifs is 1. The predicted molar refractivity (Wildman–Crippen MR) is 111 cm³/mol. The molecule has 2 aromatic rings. The van der Waals surface area contributed by atoms with E-state index in [9.17, 15) is 13.2 Å². The number of rotatable bonds is 5. The SMILES string of the molecule is CCOC(=O)C1=C(C)Oc2c(Cl)cc(Cl)cc2C1NS(=O)(=O)c1ccc(C)cc1. The van der Waals surface area contributed by atoms with E-state index in [0.717, 1.165) is 5.56 Å². The summed E-state index contributed by atoms with van der Waals surface area (Å²) in [5.41, 5.74) is 1.28. The van der Waals surface area contributed by atoms with Crippen molar-refractivity contribution >= 4 is 39.2 Å². The second kappa shape index (κ2) is 8.36. The topological polar surface area (TPSA) is 81.7 Å². The minimum atomic E-state index is -3.98. The molecular formula is C20H19Cl2NO5S. The lowest BCUT2D eigenvalue weighted by molar-refractivity contribution is -0.139. The number of halogens is 2. The number of nitrogens with one attached hydrogen (secondary N) is 1. The van der Waals surface area contributed by atoms with Crippen molar-refractivity contribution in [2.24, 2.45) is 0 Å². The van der Waals surface area contributed by atoms with Crippen LogP contribution in [0.5, 0.6) is 5.75 Å². The lowest BCUT2D eigenvalue weighted by atomic mass is 9.95. The van der Waals surface area contributed by atoms with Gasteiger partial charge in [-0.1, -0.05) is 40.9 Å². The monoisotopic (exact) mass is 455 g/mol. The molecule has 0 fully saturated rings. The largest absolute Gasteiger partial charge is 0.462 e. The molecule has 0 amide bonds. The van der Waals surface area contributed by atoms with Crippen molar-refractivity contribution in [2.75, 3.05) is 6.61 Å². The normalized spacial score (nSPS) is 16.2. The van der Waals surface area contributed by atoms with Gasteiger partial charge in [-0.25, -0.2) is 13.2 Å². The fourth-order valence-electron chi connectivity index (χ4n) is 3.00. The minimum absolute atomic E-state index is 0.0355. The van der Waals surface area contributed by atoms with Crippen LogP contribution in [-0.2, 0) is 19.6 Å². The number of carbonyl (C=O) groups excluding carboxylic acids is 1. The molecule has 154 valence electrons. The summed E-state index contributed by atoms with van der Waals surface area (Å²) in [6.07, 6.45) is 0. The minimum Gasteiger partial charge on any atom is -0.462 e. The number of sulfonamides is 1. The second-order valence-corrected chi connectivity index (χ2v) is 9.02. The van der Waals surface area contributed by atoms with Crippen LogP contribution in [0.2, 0.25) is 10.0 Å². The number of aryl methyl sites for hydroxylation is 1. The Hall–Kier alpha value is -2.06. The Kier molecular flexibility index (Phi) is 6.24. The van der Waals surface area contributed by atoms with Crippen molar-refractivity contribution in [3.05, 3.63) is 68.9 Å². The Morgan fingerprint density at radius 1 is 1.17 bits per heavy atom. The van der Waals surface area contributed by atoms with Gasteiger partial charge in [-0.2, -0.15) is 4.72 Å². The summed E-state index contributed by atoms with van der Waals surface area (Å²) in [4.78, 5) is 12.7. The summed E-state index contributed by atoms with van der Waals surface area (Å²) in [5, 5.41) is 0.480. The van der Waals surface area contributed by atoms with E-state index in [1.54, 1.807) is 26.0 Å². The molecule has 0 aromatic heterocycles. The molecule has 1 N–H and O–H groups in total. The van der Waals surface area contributed by atoms with E-state index in [4.69, 9.17) is 32.7 Å². The van der Waals surface area contributed by atoms with E-state index in [-0.39, 0.29) is 38.6 Å². The van der Waals surface area contributed by atoms with Crippen molar-refractivity contribution < 1.29 is 22.7 Å². The average molecular weight is 456 g/mol. The number of hydrogen-bond donors (Lipinski definition) is 1. The number of hydrogen-bond acceptors (Lipinski definition) is 5. The highest BCUT2D eigenvalue weighted by molar-refractivity contribution is 7.89. The Labute approximate surface area is 179 Å². The van der Waals surface area contributed by atoms with Crippen LogP contribution in [0.4, 0.5) is 0 Å². The molecule has 1 aliphatic heterocycles. The van der Waals surface area contributed by atoms with Crippen LogP contribution in [0.3, 0.4) is 0 Å². The first-order chi connectivity index (χ1) is 13.6. The third kappa shape index (κ3) is 4.43. The molecule has 1 heterocycles. The molecule has 9 heteroatoms. The Morgan fingerprint density at radius 3 is 2.45 bits per heavy atom. The molecule has 0 bridgehead atoms. The average Bonchev–Trinajstić information content (AvgIpc) is 2.63. The molecule has 0 spiro atoms. The van der Waals surface area contributed by atoms with Gasteiger partial charge in [0.25, 0.3) is 0 Å². The standard InChI is InChI=1S/C20H19Cl2NO5S/c1-4-27-20(24)17-12(3)28-19-15(9-13(21)10-16(19)22)18(17)23-29(25,26)14-7-5-11(2)6-8-14/h5-10,18,23H,4H2,1-3H3. The summed E-state index contributed by atoms with van der Waals surface area (Å²) in [6, 6.07) is 8.27. The Balaban J connectivity index is 2.14. The van der Waals surface area contributed by atoms with Crippen LogP contribution in [0.1, 0.15) is 31.0 Å². The lowest BCUT2D eigenvalue weighted by Gasteiger charge is -2.29. The zero-order chi connectivity index (χ0) is 21.3. The number of ether oxygens (including phenoxy) is 2. The van der Waals surface area contributed by atoms with Gasteiger partial charge in [0.2, 0.25) is 10.0 Å². The van der Waals surface area contributed by atoms with Gasteiger partial charge >= 0.3 is 5.97 Å². The quantitative estimate of drug-likeness (QED) is 0.668. The van der Waals surface area contributed by atoms with Crippen LogP contribution in [0, 0.1) is 6.92 Å². The maximum absolute atomic E-state index is 13.0. The van der Waals surface area contributed by atoms with E-state index in [0.29, 0.717) is 5.56 Å². The molecule has 0 saturated carbocycles. The predicted octanol–water partition coefficient (Wildman–Crippen LogP) is 4.55. The number of benzene rings is 2. The van der Waals surface area contributed by atoms with Gasteiger partial charge in [0.15, 0.2) is 5.75 Å². The molecule has 6 nitrogen and oxygen atoms in total. The Morgan fingerprint density at radius 2 is 1.83 bits per heavy atom. The van der Waals surface area contributed by atoms with Crippen LogP contribution in [-0.4, -0.2) is 21.0 Å². The number of allylic oxidation sites excluding steroid dienone is 1. The molecule has 1 atom stereocenters. The maximum Gasteiger partial charge on any atom is 0.339 e. The number of carbonyl (C=O) groups is 1. The fourth-order valence-corrected chi connectivity index (χ4v) is 4.74. The summed E-state index contributed by atoms with van der Waals surface area (Å²) in [5.74, 6) is -0.265. The third-order valence-corrected chi connectivity index (χ3v) is 6.31. The first-order valence-corrected chi connectivity index (χ1v) is 11.0. The zero-order valence-electron chi connectivity index (χ0n) is 16.0. The third-order valence-electron chi connectivity index (χ3n) is 4.37. The van der Waals surface area contributed by atoms with Gasteiger partial charge < -0.3 is 9.47 Å². The molecule has 2 aromatic carbocycles. The highest BCUT2D eigenvalue weighted by Gasteiger charge is 2.37. The molecule has 0 aliphatic carbocycles. The lowest BCUT2D eigenvalue weighted by Crippen LogP contribution is -2.35. The van der Waals surface area contributed by atoms with Crippen LogP contribution in [0.15, 0.2) is 52.6 Å². The molecule has 1 unspecified atom stereocenters. The Bertz CT molecular complexity index is 1090. The highest BCUT2D eigenvalue weighted by atomic mass is 35.5. The van der Waals surface area contributed by atoms with E-state index in [2.05, 4.69) is 4.72 Å². The zero-order valence-corrected chi connectivity index (χ0v) is 18.3. The van der Waals surface area contributed by atoms with Crippen LogP contribution < -0.4 is 9.46 Å².